The molecule has 2 nitrogen and oxygen atoms in total. The van der Waals surface area contributed by atoms with E-state index in [9.17, 15) is 0 Å². The van der Waals surface area contributed by atoms with E-state index in [1.165, 1.54) is 10.5 Å². The van der Waals surface area contributed by atoms with Crippen LogP contribution in [0.5, 0.6) is 0 Å². The minimum absolute atomic E-state index is 0.486. The molecule has 88 valence electrons. The number of hydrogen-bond donors (Lipinski definition) is 1. The van der Waals surface area contributed by atoms with Gasteiger partial charge < -0.3 is 5.73 Å². The van der Waals surface area contributed by atoms with Gasteiger partial charge in [0.2, 0.25) is 0 Å². The van der Waals surface area contributed by atoms with Crippen LogP contribution in [0.3, 0.4) is 0 Å². The van der Waals surface area contributed by atoms with Crippen LogP contribution in [0.1, 0.15) is 11.3 Å². The highest BCUT2D eigenvalue weighted by molar-refractivity contribution is 7.98. The van der Waals surface area contributed by atoms with Crippen LogP contribution in [-0.4, -0.2) is 4.98 Å². The molecule has 0 amide bonds. The van der Waals surface area contributed by atoms with Crippen molar-refractivity contribution in [2.75, 3.05) is 0 Å². The maximum absolute atomic E-state index is 5.84. The Morgan fingerprint density at radius 1 is 1.18 bits per heavy atom. The summed E-state index contributed by atoms with van der Waals surface area (Å²) in [6.45, 7) is 0.486. The highest BCUT2D eigenvalue weighted by Gasteiger charge is 1.98. The van der Waals surface area contributed by atoms with E-state index in [2.05, 4.69) is 4.98 Å². The first-order chi connectivity index (χ1) is 8.28. The van der Waals surface area contributed by atoms with Crippen LogP contribution >= 0.6 is 23.4 Å². The Morgan fingerprint density at radius 2 is 1.94 bits per heavy atom. The van der Waals surface area contributed by atoms with Crippen molar-refractivity contribution in [3.05, 3.63) is 58.9 Å². The fourth-order valence-electron chi connectivity index (χ4n) is 1.43. The molecule has 0 unspecified atom stereocenters. The molecule has 17 heavy (non-hydrogen) atoms. The molecule has 0 fully saturated rings. The molecular weight excluding hydrogens is 252 g/mol. The Kier molecular flexibility index (Phi) is 4.42. The molecule has 0 atom stereocenters. The molecule has 4 heteroatoms. The quantitative estimate of drug-likeness (QED) is 0.860. The SMILES string of the molecule is NCc1cc(CSc2ccc(Cl)cc2)ccn1. The molecule has 0 spiro atoms. The van der Waals surface area contributed by atoms with Crippen molar-refractivity contribution >= 4 is 23.4 Å². The third-order valence-electron chi connectivity index (χ3n) is 2.31. The van der Waals surface area contributed by atoms with Gasteiger partial charge in [0, 0.05) is 28.4 Å². The number of halogens is 1. The number of thioether (sulfide) groups is 1. The van der Waals surface area contributed by atoms with Gasteiger partial charge in [0.05, 0.1) is 5.69 Å². The van der Waals surface area contributed by atoms with E-state index < -0.39 is 0 Å². The van der Waals surface area contributed by atoms with Crippen molar-refractivity contribution in [2.24, 2.45) is 5.73 Å². The molecule has 0 aliphatic heterocycles. The van der Waals surface area contributed by atoms with Crippen LogP contribution in [0.15, 0.2) is 47.5 Å². The largest absolute Gasteiger partial charge is 0.325 e. The maximum Gasteiger partial charge on any atom is 0.0542 e. The molecule has 0 bridgehead atoms. The predicted molar refractivity (Wildman–Crippen MR) is 73.1 cm³/mol. The summed E-state index contributed by atoms with van der Waals surface area (Å²) in [5.41, 5.74) is 7.72. The van der Waals surface area contributed by atoms with Gasteiger partial charge in [-0.2, -0.15) is 0 Å². The van der Waals surface area contributed by atoms with E-state index in [0.29, 0.717) is 6.54 Å². The van der Waals surface area contributed by atoms with Crippen molar-refractivity contribution in [2.45, 2.75) is 17.2 Å². The third-order valence-corrected chi connectivity index (χ3v) is 3.64. The number of hydrogen-bond acceptors (Lipinski definition) is 3. The highest BCUT2D eigenvalue weighted by atomic mass is 35.5. The third kappa shape index (κ3) is 3.73. The van der Waals surface area contributed by atoms with Gasteiger partial charge >= 0.3 is 0 Å². The van der Waals surface area contributed by atoms with Gasteiger partial charge in [-0.15, -0.1) is 11.8 Å². The second-order valence-electron chi connectivity index (χ2n) is 3.60. The summed E-state index contributed by atoms with van der Waals surface area (Å²) in [6.07, 6.45) is 1.81. The fraction of sp³-hybridized carbons (Fsp3) is 0.154. The molecular formula is C13H13ClN2S. The molecule has 1 aromatic heterocycles. The molecule has 1 heterocycles. The second-order valence-corrected chi connectivity index (χ2v) is 5.09. The summed E-state index contributed by atoms with van der Waals surface area (Å²) in [6, 6.07) is 11.9. The monoisotopic (exact) mass is 264 g/mol. The molecule has 0 saturated heterocycles. The van der Waals surface area contributed by atoms with E-state index in [1.54, 1.807) is 18.0 Å². The topological polar surface area (TPSA) is 38.9 Å². The lowest BCUT2D eigenvalue weighted by Gasteiger charge is -2.03. The Morgan fingerprint density at radius 3 is 2.65 bits per heavy atom. The average molecular weight is 265 g/mol. The minimum Gasteiger partial charge on any atom is -0.325 e. The summed E-state index contributed by atoms with van der Waals surface area (Å²) >= 11 is 7.61. The standard InChI is InChI=1S/C13H13ClN2S/c14-11-1-3-13(4-2-11)17-9-10-5-6-16-12(7-10)8-15/h1-7H,8-9,15H2. The number of nitrogens with two attached hydrogens (primary N) is 1. The van der Waals surface area contributed by atoms with Gasteiger partial charge in [-0.1, -0.05) is 11.6 Å². The maximum atomic E-state index is 5.84. The summed E-state index contributed by atoms with van der Waals surface area (Å²) in [7, 11) is 0. The highest BCUT2D eigenvalue weighted by Crippen LogP contribution is 2.24. The Balaban J connectivity index is 1.99. The Hall–Kier alpha value is -1.03. The lowest BCUT2D eigenvalue weighted by molar-refractivity contribution is 0.983. The molecule has 2 N–H and O–H groups in total. The zero-order valence-corrected chi connectivity index (χ0v) is 10.8. The molecule has 0 radical (unpaired) electrons. The minimum atomic E-state index is 0.486. The first kappa shape index (κ1) is 12.4. The zero-order valence-electron chi connectivity index (χ0n) is 9.27. The summed E-state index contributed by atoms with van der Waals surface area (Å²) in [5.74, 6) is 0.914. The van der Waals surface area contributed by atoms with E-state index in [4.69, 9.17) is 17.3 Å². The van der Waals surface area contributed by atoms with E-state index in [-0.39, 0.29) is 0 Å². The number of aromatic nitrogens is 1. The number of nitrogens with zero attached hydrogens (tertiary/aromatic N) is 1. The molecule has 2 aromatic rings. The van der Waals surface area contributed by atoms with Crippen LogP contribution in [0.2, 0.25) is 5.02 Å². The number of benzene rings is 1. The lowest BCUT2D eigenvalue weighted by atomic mass is 10.2. The van der Waals surface area contributed by atoms with Crippen LogP contribution in [0, 0.1) is 0 Å². The summed E-state index contributed by atoms with van der Waals surface area (Å²) < 4.78 is 0. The fourth-order valence-corrected chi connectivity index (χ4v) is 2.39. The normalized spacial score (nSPS) is 10.5. The van der Waals surface area contributed by atoms with Crippen LogP contribution in [0.25, 0.3) is 0 Å². The second kappa shape index (κ2) is 6.05. The van der Waals surface area contributed by atoms with Crippen LogP contribution < -0.4 is 5.73 Å². The van der Waals surface area contributed by atoms with Gasteiger partial charge in [0.25, 0.3) is 0 Å². The van der Waals surface area contributed by atoms with E-state index in [0.717, 1.165) is 16.5 Å². The first-order valence-electron chi connectivity index (χ1n) is 5.30. The van der Waals surface area contributed by atoms with Crippen molar-refractivity contribution in [3.63, 3.8) is 0 Å². The lowest BCUT2D eigenvalue weighted by Crippen LogP contribution is -1.99. The van der Waals surface area contributed by atoms with Gasteiger partial charge in [0.1, 0.15) is 0 Å². The van der Waals surface area contributed by atoms with Crippen molar-refractivity contribution < 1.29 is 0 Å². The smallest absolute Gasteiger partial charge is 0.0542 e. The van der Waals surface area contributed by atoms with Crippen LogP contribution in [-0.2, 0) is 12.3 Å². The molecule has 0 aliphatic carbocycles. The van der Waals surface area contributed by atoms with E-state index >= 15 is 0 Å². The van der Waals surface area contributed by atoms with Crippen LogP contribution in [0.4, 0.5) is 0 Å². The van der Waals surface area contributed by atoms with Gasteiger partial charge in [-0.25, -0.2) is 0 Å². The van der Waals surface area contributed by atoms with Gasteiger partial charge in [-0.3, -0.25) is 4.98 Å². The average Bonchev–Trinajstić information content (AvgIpc) is 2.38. The number of rotatable bonds is 4. The molecule has 0 saturated carbocycles. The molecule has 1 aromatic carbocycles. The Labute approximate surface area is 110 Å². The van der Waals surface area contributed by atoms with Crippen molar-refractivity contribution in [1.82, 2.24) is 4.98 Å². The summed E-state index contributed by atoms with van der Waals surface area (Å²) in [5, 5.41) is 0.767. The van der Waals surface area contributed by atoms with Crippen molar-refractivity contribution in [1.29, 1.82) is 0 Å². The zero-order chi connectivity index (χ0) is 12.1. The van der Waals surface area contributed by atoms with Gasteiger partial charge in [-0.05, 0) is 42.0 Å². The molecule has 0 aliphatic rings. The van der Waals surface area contributed by atoms with Gasteiger partial charge in [0.15, 0.2) is 0 Å². The predicted octanol–water partition coefficient (Wildman–Crippen LogP) is 3.49. The van der Waals surface area contributed by atoms with E-state index in [1.807, 2.05) is 36.4 Å². The van der Waals surface area contributed by atoms with Crippen molar-refractivity contribution in [3.8, 4) is 0 Å². The Bertz CT molecular complexity index is 485. The molecule has 2 rings (SSSR count). The first-order valence-corrected chi connectivity index (χ1v) is 6.66. The summed E-state index contributed by atoms with van der Waals surface area (Å²) in [4.78, 5) is 5.38. The number of pyridine rings is 1.